The van der Waals surface area contributed by atoms with Crippen LogP contribution in [0, 0.1) is 0 Å². The van der Waals surface area contributed by atoms with Crippen molar-refractivity contribution in [2.45, 2.75) is 6.42 Å². The van der Waals surface area contributed by atoms with Crippen molar-refractivity contribution < 1.29 is 9.53 Å². The van der Waals surface area contributed by atoms with E-state index >= 15 is 0 Å². The molecule has 0 aliphatic heterocycles. The number of carbonyl (C=O) groups excluding carboxylic acids is 1. The molecule has 0 saturated heterocycles. The predicted octanol–water partition coefficient (Wildman–Crippen LogP) is 2.50. The number of nitrogens with one attached hydrogen (secondary N) is 2. The third-order valence-electron chi connectivity index (χ3n) is 2.72. The van der Waals surface area contributed by atoms with Crippen molar-refractivity contribution in [2.24, 2.45) is 0 Å². The summed E-state index contributed by atoms with van der Waals surface area (Å²) in [5.74, 6) is 0.547. The second kappa shape index (κ2) is 7.44. The fourth-order valence-corrected chi connectivity index (χ4v) is 1.90. The topological polar surface area (TPSA) is 76.1 Å². The maximum Gasteiger partial charge on any atom is 0.319 e. The molecule has 0 aliphatic carbocycles. The highest BCUT2D eigenvalue weighted by molar-refractivity contribution is 6.31. The molecule has 1 aromatic heterocycles. The van der Waals surface area contributed by atoms with Gasteiger partial charge in [0.2, 0.25) is 0 Å². The molecule has 2 rings (SSSR count). The Balaban J connectivity index is 1.86. The van der Waals surface area contributed by atoms with E-state index in [4.69, 9.17) is 16.3 Å². The van der Waals surface area contributed by atoms with Crippen LogP contribution in [0.4, 0.5) is 10.5 Å². The van der Waals surface area contributed by atoms with Gasteiger partial charge in [-0.15, -0.1) is 0 Å². The number of ether oxygens (including phenoxy) is 1. The number of nitrogens with zero attached hydrogens (tertiary/aromatic N) is 2. The van der Waals surface area contributed by atoms with Crippen molar-refractivity contribution in [3.63, 3.8) is 0 Å². The highest BCUT2D eigenvalue weighted by atomic mass is 35.5. The summed E-state index contributed by atoms with van der Waals surface area (Å²) in [6, 6.07) is 4.69. The van der Waals surface area contributed by atoms with Crippen LogP contribution in [-0.4, -0.2) is 29.7 Å². The number of anilines is 1. The van der Waals surface area contributed by atoms with Gasteiger partial charge >= 0.3 is 6.03 Å². The molecule has 0 aliphatic rings. The molecule has 0 atom stereocenters. The number of halogens is 1. The highest BCUT2D eigenvalue weighted by Crippen LogP contribution is 2.27. The Morgan fingerprint density at radius 2 is 2.10 bits per heavy atom. The van der Waals surface area contributed by atoms with E-state index in [1.54, 1.807) is 30.6 Å². The number of rotatable bonds is 5. The Labute approximate surface area is 127 Å². The standard InChI is InChI=1S/C14H15ClN4O2/c1-21-13-3-2-11(15)6-12(13)19-14(20)18-5-4-10-7-16-9-17-8-10/h2-3,6-9H,4-5H2,1H3,(H2,18,19,20). The second-order valence-corrected chi connectivity index (χ2v) is 4.66. The Hall–Kier alpha value is -2.34. The third kappa shape index (κ3) is 4.61. The molecular formula is C14H15ClN4O2. The summed E-state index contributed by atoms with van der Waals surface area (Å²) in [5, 5.41) is 5.96. The summed E-state index contributed by atoms with van der Waals surface area (Å²) in [5.41, 5.74) is 1.48. The van der Waals surface area contributed by atoms with Gasteiger partial charge in [-0.3, -0.25) is 0 Å². The summed E-state index contributed by atoms with van der Waals surface area (Å²) in [6.07, 6.45) is 5.55. The van der Waals surface area contributed by atoms with Gasteiger partial charge in [0.25, 0.3) is 0 Å². The zero-order valence-electron chi connectivity index (χ0n) is 11.5. The van der Waals surface area contributed by atoms with Crippen molar-refractivity contribution in [1.29, 1.82) is 0 Å². The quantitative estimate of drug-likeness (QED) is 0.890. The van der Waals surface area contributed by atoms with E-state index in [0.29, 0.717) is 29.4 Å². The first-order valence-electron chi connectivity index (χ1n) is 6.31. The zero-order valence-corrected chi connectivity index (χ0v) is 12.2. The van der Waals surface area contributed by atoms with Gasteiger partial charge in [0.05, 0.1) is 12.8 Å². The molecule has 6 nitrogen and oxygen atoms in total. The summed E-state index contributed by atoms with van der Waals surface area (Å²) in [4.78, 5) is 19.7. The Morgan fingerprint density at radius 1 is 1.33 bits per heavy atom. The van der Waals surface area contributed by atoms with E-state index < -0.39 is 0 Å². The molecule has 7 heteroatoms. The summed E-state index contributed by atoms with van der Waals surface area (Å²) < 4.78 is 5.16. The fourth-order valence-electron chi connectivity index (χ4n) is 1.72. The van der Waals surface area contributed by atoms with Crippen molar-refractivity contribution >= 4 is 23.3 Å². The van der Waals surface area contributed by atoms with Crippen molar-refractivity contribution in [2.75, 3.05) is 19.0 Å². The summed E-state index contributed by atoms with van der Waals surface area (Å²) in [7, 11) is 1.53. The first-order chi connectivity index (χ1) is 10.2. The molecule has 1 heterocycles. The van der Waals surface area contributed by atoms with Crippen LogP contribution in [-0.2, 0) is 6.42 Å². The molecular weight excluding hydrogens is 292 g/mol. The van der Waals surface area contributed by atoms with E-state index in [2.05, 4.69) is 20.6 Å². The molecule has 0 bridgehead atoms. The maximum atomic E-state index is 11.8. The molecule has 1 aromatic carbocycles. The van der Waals surface area contributed by atoms with Crippen LogP contribution in [0.5, 0.6) is 5.75 Å². The largest absolute Gasteiger partial charge is 0.495 e. The minimum Gasteiger partial charge on any atom is -0.495 e. The van der Waals surface area contributed by atoms with Crippen molar-refractivity contribution in [3.05, 3.63) is 47.5 Å². The lowest BCUT2D eigenvalue weighted by atomic mass is 10.2. The van der Waals surface area contributed by atoms with E-state index in [1.165, 1.54) is 13.4 Å². The minimum atomic E-state index is -0.326. The normalized spacial score (nSPS) is 10.0. The molecule has 0 saturated carbocycles. The lowest BCUT2D eigenvalue weighted by Gasteiger charge is -2.11. The predicted molar refractivity (Wildman–Crippen MR) is 80.8 cm³/mol. The first-order valence-corrected chi connectivity index (χ1v) is 6.69. The lowest BCUT2D eigenvalue weighted by molar-refractivity contribution is 0.252. The fraction of sp³-hybridized carbons (Fsp3) is 0.214. The molecule has 0 spiro atoms. The van der Waals surface area contributed by atoms with Crippen LogP contribution < -0.4 is 15.4 Å². The molecule has 2 N–H and O–H groups in total. The zero-order chi connectivity index (χ0) is 15.1. The number of carbonyl (C=O) groups is 1. The average molecular weight is 307 g/mol. The molecule has 0 radical (unpaired) electrons. The van der Waals surface area contributed by atoms with Crippen molar-refractivity contribution in [1.82, 2.24) is 15.3 Å². The molecule has 0 fully saturated rings. The summed E-state index contributed by atoms with van der Waals surface area (Å²) in [6.45, 7) is 0.474. The lowest BCUT2D eigenvalue weighted by Crippen LogP contribution is -2.30. The average Bonchev–Trinajstić information content (AvgIpc) is 2.48. The van der Waals surface area contributed by atoms with Gasteiger partial charge in [-0.05, 0) is 30.2 Å². The Kier molecular flexibility index (Phi) is 5.34. The molecule has 110 valence electrons. The number of urea groups is 1. The highest BCUT2D eigenvalue weighted by Gasteiger charge is 2.07. The van der Waals surface area contributed by atoms with Crippen LogP contribution in [0.15, 0.2) is 36.9 Å². The van der Waals surface area contributed by atoms with Gasteiger partial charge < -0.3 is 15.4 Å². The number of hydrogen-bond acceptors (Lipinski definition) is 4. The van der Waals surface area contributed by atoms with E-state index in [9.17, 15) is 4.79 Å². The molecule has 2 amide bonds. The first kappa shape index (κ1) is 15.1. The van der Waals surface area contributed by atoms with Crippen LogP contribution in [0.3, 0.4) is 0 Å². The Morgan fingerprint density at radius 3 is 2.81 bits per heavy atom. The molecule has 0 unspecified atom stereocenters. The van der Waals surface area contributed by atoms with Crippen LogP contribution >= 0.6 is 11.6 Å². The van der Waals surface area contributed by atoms with Gasteiger partial charge in [-0.2, -0.15) is 0 Å². The van der Waals surface area contributed by atoms with Gasteiger partial charge in [-0.25, -0.2) is 14.8 Å². The van der Waals surface area contributed by atoms with Crippen LogP contribution in [0.2, 0.25) is 5.02 Å². The number of aromatic nitrogens is 2. The number of amides is 2. The monoisotopic (exact) mass is 306 g/mol. The SMILES string of the molecule is COc1ccc(Cl)cc1NC(=O)NCCc1cncnc1. The minimum absolute atomic E-state index is 0.326. The number of benzene rings is 1. The van der Waals surface area contributed by atoms with Gasteiger partial charge in [0.1, 0.15) is 12.1 Å². The van der Waals surface area contributed by atoms with Crippen LogP contribution in [0.25, 0.3) is 0 Å². The molecule has 2 aromatic rings. The van der Waals surface area contributed by atoms with Gasteiger partial charge in [-0.1, -0.05) is 11.6 Å². The van der Waals surface area contributed by atoms with Crippen molar-refractivity contribution in [3.8, 4) is 5.75 Å². The van der Waals surface area contributed by atoms with Gasteiger partial charge in [0.15, 0.2) is 0 Å². The number of methoxy groups -OCH3 is 1. The smallest absolute Gasteiger partial charge is 0.319 e. The second-order valence-electron chi connectivity index (χ2n) is 4.22. The van der Waals surface area contributed by atoms with Crippen LogP contribution in [0.1, 0.15) is 5.56 Å². The van der Waals surface area contributed by atoms with Gasteiger partial charge in [0, 0.05) is 24.0 Å². The number of hydrogen-bond donors (Lipinski definition) is 2. The Bertz CT molecular complexity index is 607. The third-order valence-corrected chi connectivity index (χ3v) is 2.96. The van der Waals surface area contributed by atoms with E-state index in [-0.39, 0.29) is 6.03 Å². The maximum absolute atomic E-state index is 11.8. The summed E-state index contributed by atoms with van der Waals surface area (Å²) >= 11 is 5.90. The van der Waals surface area contributed by atoms with E-state index in [1.807, 2.05) is 0 Å². The molecule has 21 heavy (non-hydrogen) atoms. The van der Waals surface area contributed by atoms with E-state index in [0.717, 1.165) is 5.56 Å².